The first kappa shape index (κ1) is 66.2. The standard InChI is InChI=1S/C67H119NO5/c1-4-7-10-13-16-19-22-25-28-31-34-37-40-43-46-49-56-70-64-59-61(67(69)73-63-54-52-62(68)53-55-63)60-65(71-57-50-47-44-41-38-35-32-29-26-23-20-17-14-11-8-5-2)66(64)72-58-51-48-45-42-39-36-33-30-27-24-21-18-15-12-9-6-3/h52-55,59-60H,4-51,56-58,68H2,1-3H3. The van der Waals surface area contributed by atoms with E-state index in [2.05, 4.69) is 20.8 Å². The number of nitrogen functional groups attached to an aromatic ring is 1. The van der Waals surface area contributed by atoms with Gasteiger partial charge in [0, 0.05) is 5.69 Å². The number of rotatable bonds is 56. The van der Waals surface area contributed by atoms with Gasteiger partial charge in [-0.05, 0) is 55.7 Å². The van der Waals surface area contributed by atoms with E-state index in [9.17, 15) is 4.79 Å². The SMILES string of the molecule is CCCCCCCCCCCCCCCCCCOc1cc(C(=O)Oc2ccc(N)cc2)cc(OCCCCCCCCCCCCCCCCCC)c1OCCCCCCCCCCCCCCCCCC. The van der Waals surface area contributed by atoms with E-state index in [0.717, 1.165) is 38.5 Å². The fraction of sp³-hybridized carbons (Fsp3) is 0.806. The summed E-state index contributed by atoms with van der Waals surface area (Å²) in [4.78, 5) is 13.7. The number of anilines is 1. The Hall–Kier alpha value is -2.89. The highest BCUT2D eigenvalue weighted by molar-refractivity contribution is 5.92. The number of hydrogen-bond donors (Lipinski definition) is 1. The topological polar surface area (TPSA) is 80.0 Å². The number of carbonyl (C=O) groups is 1. The summed E-state index contributed by atoms with van der Waals surface area (Å²) < 4.78 is 25.5. The quantitative estimate of drug-likeness (QED) is 0.0308. The maximum absolute atomic E-state index is 13.7. The van der Waals surface area contributed by atoms with Crippen molar-refractivity contribution in [1.29, 1.82) is 0 Å². The summed E-state index contributed by atoms with van der Waals surface area (Å²) >= 11 is 0. The Morgan fingerprint density at radius 2 is 0.562 bits per heavy atom. The highest BCUT2D eigenvalue weighted by Gasteiger charge is 2.21. The number of hydrogen-bond acceptors (Lipinski definition) is 6. The molecule has 0 saturated carbocycles. The summed E-state index contributed by atoms with van der Waals surface area (Å²) in [5, 5.41) is 0. The molecule has 0 heterocycles. The van der Waals surface area contributed by atoms with Crippen molar-refractivity contribution in [2.75, 3.05) is 25.6 Å². The molecule has 6 heteroatoms. The Morgan fingerprint density at radius 3 is 0.822 bits per heavy atom. The van der Waals surface area contributed by atoms with Gasteiger partial charge >= 0.3 is 5.97 Å². The van der Waals surface area contributed by atoms with Crippen LogP contribution in [0.5, 0.6) is 23.0 Å². The molecular weight excluding hydrogens is 899 g/mol. The van der Waals surface area contributed by atoms with E-state index in [1.54, 1.807) is 36.4 Å². The molecule has 0 aliphatic rings. The van der Waals surface area contributed by atoms with Crippen LogP contribution in [0.2, 0.25) is 0 Å². The molecule has 0 aliphatic heterocycles. The van der Waals surface area contributed by atoms with Gasteiger partial charge in [-0.3, -0.25) is 0 Å². The third-order valence-corrected chi connectivity index (χ3v) is 15.1. The molecule has 0 atom stereocenters. The van der Waals surface area contributed by atoms with Crippen LogP contribution in [0.25, 0.3) is 0 Å². The summed E-state index contributed by atoms with van der Waals surface area (Å²) in [7, 11) is 0. The zero-order valence-corrected chi connectivity index (χ0v) is 48.6. The lowest BCUT2D eigenvalue weighted by Crippen LogP contribution is -2.12. The van der Waals surface area contributed by atoms with E-state index in [4.69, 9.17) is 24.7 Å². The third-order valence-electron chi connectivity index (χ3n) is 15.1. The van der Waals surface area contributed by atoms with Crippen LogP contribution in [0.15, 0.2) is 36.4 Å². The van der Waals surface area contributed by atoms with Crippen LogP contribution in [0.1, 0.15) is 339 Å². The van der Waals surface area contributed by atoms with Crippen molar-refractivity contribution in [3.8, 4) is 23.0 Å². The van der Waals surface area contributed by atoms with Crippen molar-refractivity contribution in [3.05, 3.63) is 42.0 Å². The summed E-state index contributed by atoms with van der Waals surface area (Å²) in [6.07, 6.45) is 64.0. The van der Waals surface area contributed by atoms with E-state index in [1.807, 2.05) is 0 Å². The molecule has 2 rings (SSSR count). The molecule has 0 bridgehead atoms. The van der Waals surface area contributed by atoms with Gasteiger partial charge in [-0.2, -0.15) is 0 Å². The average Bonchev–Trinajstić information content (AvgIpc) is 3.40. The molecule has 2 N–H and O–H groups in total. The van der Waals surface area contributed by atoms with Crippen molar-refractivity contribution in [2.24, 2.45) is 0 Å². The minimum Gasteiger partial charge on any atom is -0.490 e. The average molecular weight is 1020 g/mol. The molecule has 2 aromatic carbocycles. The maximum Gasteiger partial charge on any atom is 0.343 e. The lowest BCUT2D eigenvalue weighted by Gasteiger charge is -2.19. The first-order valence-electron chi connectivity index (χ1n) is 32.2. The molecule has 0 amide bonds. The Kier molecular flexibility index (Phi) is 46.5. The summed E-state index contributed by atoms with van der Waals surface area (Å²) in [6.45, 7) is 8.63. The molecule has 0 radical (unpaired) electrons. The first-order valence-corrected chi connectivity index (χ1v) is 32.2. The van der Waals surface area contributed by atoms with Crippen LogP contribution >= 0.6 is 0 Å². The molecule has 0 spiro atoms. The highest BCUT2D eigenvalue weighted by Crippen LogP contribution is 2.40. The number of unbranched alkanes of at least 4 members (excludes halogenated alkanes) is 45. The van der Waals surface area contributed by atoms with Crippen molar-refractivity contribution in [1.82, 2.24) is 0 Å². The van der Waals surface area contributed by atoms with Gasteiger partial charge in [0.05, 0.1) is 25.4 Å². The number of nitrogens with two attached hydrogens (primary N) is 1. The zero-order chi connectivity index (χ0) is 52.2. The van der Waals surface area contributed by atoms with Gasteiger partial charge in [0.15, 0.2) is 11.5 Å². The molecule has 73 heavy (non-hydrogen) atoms. The Morgan fingerprint density at radius 1 is 0.329 bits per heavy atom. The second-order valence-electron chi connectivity index (χ2n) is 22.2. The van der Waals surface area contributed by atoms with E-state index in [-0.39, 0.29) is 0 Å². The fourth-order valence-corrected chi connectivity index (χ4v) is 10.2. The minimum absolute atomic E-state index is 0.399. The molecule has 6 nitrogen and oxygen atoms in total. The molecule has 0 fully saturated rings. The van der Waals surface area contributed by atoms with Gasteiger partial charge in [-0.15, -0.1) is 0 Å². The second kappa shape index (κ2) is 51.2. The molecule has 0 unspecified atom stereocenters. The smallest absolute Gasteiger partial charge is 0.343 e. The van der Waals surface area contributed by atoms with Crippen LogP contribution in [0.4, 0.5) is 5.69 Å². The maximum atomic E-state index is 13.7. The predicted octanol–water partition coefficient (Wildman–Crippen LogP) is 22.4. The van der Waals surface area contributed by atoms with E-state index < -0.39 is 5.97 Å². The van der Waals surface area contributed by atoms with E-state index >= 15 is 0 Å². The number of carbonyl (C=O) groups excluding carboxylic acids is 1. The normalized spacial score (nSPS) is 11.4. The number of benzene rings is 2. The Labute approximate surface area is 453 Å². The summed E-state index contributed by atoms with van der Waals surface area (Å²) in [5.74, 6) is 1.78. The lowest BCUT2D eigenvalue weighted by atomic mass is 10.0. The van der Waals surface area contributed by atoms with Gasteiger partial charge in [-0.25, -0.2) is 4.79 Å². The van der Waals surface area contributed by atoms with Gasteiger partial charge in [0.2, 0.25) is 5.75 Å². The van der Waals surface area contributed by atoms with E-state index in [1.165, 1.54) is 270 Å². The van der Waals surface area contributed by atoms with Crippen molar-refractivity contribution >= 4 is 11.7 Å². The predicted molar refractivity (Wildman–Crippen MR) is 317 cm³/mol. The van der Waals surface area contributed by atoms with Crippen LogP contribution in [-0.2, 0) is 0 Å². The molecule has 2 aromatic rings. The Bertz CT molecular complexity index is 1420. The largest absolute Gasteiger partial charge is 0.490 e. The highest BCUT2D eigenvalue weighted by atomic mass is 16.5. The third kappa shape index (κ3) is 40.1. The van der Waals surface area contributed by atoms with Crippen molar-refractivity contribution < 1.29 is 23.7 Å². The molecule has 0 aliphatic carbocycles. The van der Waals surface area contributed by atoms with Crippen LogP contribution in [0, 0.1) is 0 Å². The minimum atomic E-state index is -0.450. The van der Waals surface area contributed by atoms with Crippen LogP contribution < -0.4 is 24.7 Å². The zero-order valence-electron chi connectivity index (χ0n) is 48.6. The van der Waals surface area contributed by atoms with Gasteiger partial charge < -0.3 is 24.7 Å². The number of esters is 1. The Balaban J connectivity index is 1.90. The van der Waals surface area contributed by atoms with E-state index in [0.29, 0.717) is 54.1 Å². The summed E-state index contributed by atoms with van der Waals surface area (Å²) in [6, 6.07) is 10.6. The van der Waals surface area contributed by atoms with Crippen LogP contribution in [-0.4, -0.2) is 25.8 Å². The molecular formula is C67H119NO5. The second-order valence-corrected chi connectivity index (χ2v) is 22.2. The van der Waals surface area contributed by atoms with Crippen LogP contribution in [0.3, 0.4) is 0 Å². The molecule has 0 saturated heterocycles. The first-order chi connectivity index (χ1) is 36.1. The van der Waals surface area contributed by atoms with Crippen molar-refractivity contribution in [2.45, 2.75) is 329 Å². The monoisotopic (exact) mass is 1020 g/mol. The van der Waals surface area contributed by atoms with Gasteiger partial charge in [-0.1, -0.05) is 310 Å². The van der Waals surface area contributed by atoms with Gasteiger partial charge in [0.1, 0.15) is 5.75 Å². The summed E-state index contributed by atoms with van der Waals surface area (Å²) in [5.41, 5.74) is 6.95. The van der Waals surface area contributed by atoms with Crippen molar-refractivity contribution in [3.63, 3.8) is 0 Å². The molecule has 0 aromatic heterocycles. The fourth-order valence-electron chi connectivity index (χ4n) is 10.2. The lowest BCUT2D eigenvalue weighted by molar-refractivity contribution is 0.0733. The number of ether oxygens (including phenoxy) is 4. The molecule has 422 valence electrons. The van der Waals surface area contributed by atoms with Gasteiger partial charge in [0.25, 0.3) is 0 Å².